The van der Waals surface area contributed by atoms with Crippen molar-refractivity contribution in [3.63, 3.8) is 0 Å². The average molecular weight is 461 g/mol. The van der Waals surface area contributed by atoms with Gasteiger partial charge in [-0.3, -0.25) is 4.79 Å². The number of nitrogens with zero attached hydrogens (tertiary/aromatic N) is 6. The minimum absolute atomic E-state index is 0.0459. The number of aromatic nitrogens is 4. The number of amides is 1. The number of thiophene rings is 1. The Morgan fingerprint density at radius 1 is 1.06 bits per heavy atom. The largest absolute Gasteiger partial charge is 0.378 e. The fourth-order valence-corrected chi connectivity index (χ4v) is 4.68. The summed E-state index contributed by atoms with van der Waals surface area (Å²) in [4.78, 5) is 27.7. The summed E-state index contributed by atoms with van der Waals surface area (Å²) in [6.45, 7) is 3.11. The molecule has 9 heteroatoms. The third-order valence-electron chi connectivity index (χ3n) is 5.67. The second-order valence-corrected chi connectivity index (χ2v) is 8.63. The third-order valence-corrected chi connectivity index (χ3v) is 6.57. The molecule has 0 unspecified atom stereocenters. The lowest BCUT2D eigenvalue weighted by atomic mass is 10.2. The van der Waals surface area contributed by atoms with E-state index in [0.717, 1.165) is 23.7 Å². The number of ether oxygens (including phenoxy) is 1. The lowest BCUT2D eigenvalue weighted by molar-refractivity contribution is 0.0741. The quantitative estimate of drug-likeness (QED) is 0.438. The number of piperazine rings is 1. The van der Waals surface area contributed by atoms with Crippen LogP contribution in [-0.2, 0) is 11.3 Å². The minimum Gasteiger partial charge on any atom is -0.378 e. The Hall–Kier alpha value is -3.56. The van der Waals surface area contributed by atoms with Crippen molar-refractivity contribution in [2.24, 2.45) is 0 Å². The van der Waals surface area contributed by atoms with Gasteiger partial charge in [-0.2, -0.15) is 9.78 Å². The van der Waals surface area contributed by atoms with Gasteiger partial charge in [0.2, 0.25) is 0 Å². The molecule has 0 atom stereocenters. The highest BCUT2D eigenvalue weighted by Crippen LogP contribution is 2.24. The van der Waals surface area contributed by atoms with Gasteiger partial charge in [-0.05, 0) is 29.6 Å². The highest BCUT2D eigenvalue weighted by atomic mass is 32.1. The summed E-state index contributed by atoms with van der Waals surface area (Å²) in [5.74, 6) is 0.372. The summed E-state index contributed by atoms with van der Waals surface area (Å²) in [7, 11) is 1.60. The smallest absolute Gasteiger partial charge is 0.257 e. The van der Waals surface area contributed by atoms with Crippen LogP contribution in [0.15, 0.2) is 66.3 Å². The number of carbonyl (C=O) groups is 1. The molecular weight excluding hydrogens is 436 g/mol. The number of methoxy groups -OCH3 is 1. The van der Waals surface area contributed by atoms with Crippen LogP contribution in [0.3, 0.4) is 0 Å². The van der Waals surface area contributed by atoms with Gasteiger partial charge in [-0.15, -0.1) is 11.3 Å². The molecule has 1 aromatic carbocycles. The van der Waals surface area contributed by atoms with Gasteiger partial charge in [0.1, 0.15) is 0 Å². The van der Waals surface area contributed by atoms with Crippen molar-refractivity contribution < 1.29 is 9.53 Å². The zero-order valence-corrected chi connectivity index (χ0v) is 19.1. The van der Waals surface area contributed by atoms with Crippen LogP contribution in [0.4, 0.5) is 5.69 Å². The number of rotatable bonds is 6. The maximum Gasteiger partial charge on any atom is 0.257 e. The predicted molar refractivity (Wildman–Crippen MR) is 128 cm³/mol. The van der Waals surface area contributed by atoms with E-state index in [1.54, 1.807) is 35.5 Å². The van der Waals surface area contributed by atoms with Crippen LogP contribution < -0.4 is 4.90 Å². The lowest BCUT2D eigenvalue weighted by Gasteiger charge is -2.36. The average Bonchev–Trinajstić information content (AvgIpc) is 3.55. The van der Waals surface area contributed by atoms with Crippen LogP contribution in [-0.4, -0.2) is 63.8 Å². The number of hydrogen-bond donors (Lipinski definition) is 0. The van der Waals surface area contributed by atoms with Crippen molar-refractivity contribution in [3.8, 4) is 16.5 Å². The van der Waals surface area contributed by atoms with Crippen LogP contribution in [0.25, 0.3) is 16.5 Å². The first kappa shape index (κ1) is 21.3. The van der Waals surface area contributed by atoms with Crippen molar-refractivity contribution in [1.82, 2.24) is 24.6 Å². The van der Waals surface area contributed by atoms with Crippen molar-refractivity contribution in [2.45, 2.75) is 6.61 Å². The molecule has 5 rings (SSSR count). The summed E-state index contributed by atoms with van der Waals surface area (Å²) in [6.07, 6.45) is 3.31. The number of carbonyl (C=O) groups excluding carboxylic acids is 1. The monoisotopic (exact) mass is 460 g/mol. The van der Waals surface area contributed by atoms with Crippen LogP contribution in [0.1, 0.15) is 16.1 Å². The Bertz CT molecular complexity index is 1220. The Morgan fingerprint density at radius 3 is 2.61 bits per heavy atom. The van der Waals surface area contributed by atoms with Crippen molar-refractivity contribution in [2.75, 3.05) is 38.2 Å². The molecule has 3 aromatic heterocycles. The van der Waals surface area contributed by atoms with E-state index in [0.29, 0.717) is 30.3 Å². The topological polar surface area (TPSA) is 76.4 Å². The van der Waals surface area contributed by atoms with Gasteiger partial charge >= 0.3 is 0 Å². The normalized spacial score (nSPS) is 14.0. The van der Waals surface area contributed by atoms with Gasteiger partial charge in [0.25, 0.3) is 11.9 Å². The van der Waals surface area contributed by atoms with Gasteiger partial charge in [0.05, 0.1) is 34.6 Å². The molecular formula is C24H24N6O2S. The van der Waals surface area contributed by atoms with Gasteiger partial charge in [0, 0.05) is 45.2 Å². The van der Waals surface area contributed by atoms with E-state index < -0.39 is 0 Å². The molecule has 168 valence electrons. The molecule has 33 heavy (non-hydrogen) atoms. The van der Waals surface area contributed by atoms with E-state index in [2.05, 4.69) is 32.1 Å². The molecule has 0 N–H and O–H groups in total. The van der Waals surface area contributed by atoms with E-state index in [1.165, 1.54) is 5.69 Å². The van der Waals surface area contributed by atoms with E-state index in [-0.39, 0.29) is 12.5 Å². The number of hydrogen-bond acceptors (Lipinski definition) is 7. The summed E-state index contributed by atoms with van der Waals surface area (Å²) < 4.78 is 7.02. The Morgan fingerprint density at radius 2 is 1.88 bits per heavy atom. The summed E-state index contributed by atoms with van der Waals surface area (Å²) >= 11 is 1.61. The Labute approximate surface area is 196 Å². The molecule has 0 aliphatic carbocycles. The first-order chi connectivity index (χ1) is 16.2. The Balaban J connectivity index is 1.37. The molecule has 4 aromatic rings. The molecule has 1 saturated heterocycles. The molecule has 1 amide bonds. The maximum atomic E-state index is 13.4. The predicted octanol–water partition coefficient (Wildman–Crippen LogP) is 3.50. The van der Waals surface area contributed by atoms with Crippen LogP contribution in [0.2, 0.25) is 0 Å². The fourth-order valence-electron chi connectivity index (χ4n) is 3.99. The molecule has 0 saturated carbocycles. The molecule has 1 aliphatic rings. The van der Waals surface area contributed by atoms with Gasteiger partial charge in [-0.1, -0.05) is 24.3 Å². The van der Waals surface area contributed by atoms with Crippen LogP contribution >= 0.6 is 11.3 Å². The summed E-state index contributed by atoms with van der Waals surface area (Å²) in [5.41, 5.74) is 3.17. The molecule has 1 fully saturated rings. The third kappa shape index (κ3) is 4.37. The van der Waals surface area contributed by atoms with Crippen molar-refractivity contribution in [3.05, 3.63) is 77.6 Å². The molecule has 8 nitrogen and oxygen atoms in total. The van der Waals surface area contributed by atoms with Gasteiger partial charge < -0.3 is 14.5 Å². The van der Waals surface area contributed by atoms with Crippen LogP contribution in [0.5, 0.6) is 0 Å². The standard InChI is InChI=1S/C24H24N6O2S/c1-32-17-21-19(23(31)29-13-11-28(12-14-29)18-6-3-2-4-7-18)16-26-30(21)24-25-10-9-20(27-24)22-8-5-15-33-22/h2-10,15-16H,11-14,17H2,1H3. The second-order valence-electron chi connectivity index (χ2n) is 7.68. The SMILES string of the molecule is COCc1c(C(=O)N2CCN(c3ccccc3)CC2)cnn1-c1nccc(-c2cccs2)n1. The highest BCUT2D eigenvalue weighted by Gasteiger charge is 2.27. The molecule has 1 aliphatic heterocycles. The summed E-state index contributed by atoms with van der Waals surface area (Å²) in [6, 6.07) is 16.2. The van der Waals surface area contributed by atoms with E-state index in [4.69, 9.17) is 4.74 Å². The molecule has 0 bridgehead atoms. The zero-order chi connectivity index (χ0) is 22.6. The molecule has 0 spiro atoms. The highest BCUT2D eigenvalue weighted by molar-refractivity contribution is 7.13. The van der Waals surface area contributed by atoms with E-state index >= 15 is 0 Å². The fraction of sp³-hybridized carbons (Fsp3) is 0.250. The molecule has 4 heterocycles. The van der Waals surface area contributed by atoms with E-state index in [9.17, 15) is 4.79 Å². The van der Waals surface area contributed by atoms with Crippen molar-refractivity contribution >= 4 is 22.9 Å². The number of para-hydroxylation sites is 1. The first-order valence-corrected chi connectivity index (χ1v) is 11.6. The van der Waals surface area contributed by atoms with Gasteiger partial charge in [-0.25, -0.2) is 9.97 Å². The Kier molecular flexibility index (Phi) is 6.14. The first-order valence-electron chi connectivity index (χ1n) is 10.8. The minimum atomic E-state index is -0.0459. The lowest BCUT2D eigenvalue weighted by Crippen LogP contribution is -2.49. The van der Waals surface area contributed by atoms with Gasteiger partial charge in [0.15, 0.2) is 0 Å². The van der Waals surface area contributed by atoms with Crippen molar-refractivity contribution in [1.29, 1.82) is 0 Å². The number of anilines is 1. The number of benzene rings is 1. The van der Waals surface area contributed by atoms with E-state index in [1.807, 2.05) is 46.7 Å². The maximum absolute atomic E-state index is 13.4. The zero-order valence-electron chi connectivity index (χ0n) is 18.3. The second kappa shape index (κ2) is 9.51. The summed E-state index contributed by atoms with van der Waals surface area (Å²) in [5, 5.41) is 6.47. The van der Waals surface area contributed by atoms with Crippen LogP contribution in [0, 0.1) is 0 Å². The molecule has 0 radical (unpaired) electrons.